The summed E-state index contributed by atoms with van der Waals surface area (Å²) in [6, 6.07) is -0.0329. The molecule has 6 nitrogen and oxygen atoms in total. The summed E-state index contributed by atoms with van der Waals surface area (Å²) in [5.74, 6) is 0.960. The van der Waals surface area contributed by atoms with Crippen LogP contribution in [0.25, 0.3) is 0 Å². The van der Waals surface area contributed by atoms with Crippen molar-refractivity contribution >= 4 is 11.8 Å². The van der Waals surface area contributed by atoms with Crippen LogP contribution in [0.15, 0.2) is 6.20 Å². The molecule has 1 aliphatic rings. The Morgan fingerprint density at radius 2 is 2.11 bits per heavy atom. The normalized spacial score (nSPS) is 18.1. The summed E-state index contributed by atoms with van der Waals surface area (Å²) in [6.45, 7) is 4.98. The zero-order chi connectivity index (χ0) is 14.2. The predicted molar refractivity (Wildman–Crippen MR) is 70.4 cm³/mol. The molecule has 1 unspecified atom stereocenters. The number of rotatable bonds is 2. The van der Waals surface area contributed by atoms with E-state index in [9.17, 15) is 9.59 Å². The van der Waals surface area contributed by atoms with Crippen molar-refractivity contribution in [3.8, 4) is 0 Å². The molecule has 0 aromatic carbocycles. The van der Waals surface area contributed by atoms with Crippen molar-refractivity contribution in [3.05, 3.63) is 17.7 Å². The molecule has 0 radical (unpaired) electrons. The second kappa shape index (κ2) is 5.03. The van der Waals surface area contributed by atoms with E-state index in [0.29, 0.717) is 13.0 Å². The molecule has 0 N–H and O–H groups in total. The molecule has 1 aromatic rings. The summed E-state index contributed by atoms with van der Waals surface area (Å²) in [7, 11) is 3.47. The van der Waals surface area contributed by atoms with Crippen molar-refractivity contribution in [1.82, 2.24) is 19.4 Å². The number of aromatic nitrogens is 2. The number of nitrogens with zero attached hydrogens (tertiary/aromatic N) is 4. The van der Waals surface area contributed by atoms with Crippen LogP contribution in [-0.2, 0) is 22.6 Å². The number of imidazole rings is 1. The Kier molecular flexibility index (Phi) is 3.59. The fourth-order valence-electron chi connectivity index (χ4n) is 2.38. The van der Waals surface area contributed by atoms with Gasteiger partial charge in [0.05, 0.1) is 18.2 Å². The Morgan fingerprint density at radius 3 is 2.68 bits per heavy atom. The van der Waals surface area contributed by atoms with Gasteiger partial charge in [-0.1, -0.05) is 0 Å². The molecule has 104 valence electrons. The van der Waals surface area contributed by atoms with E-state index in [1.54, 1.807) is 30.8 Å². The van der Waals surface area contributed by atoms with Crippen molar-refractivity contribution < 1.29 is 9.59 Å². The monoisotopic (exact) mass is 264 g/mol. The fourth-order valence-corrected chi connectivity index (χ4v) is 2.38. The molecule has 0 saturated carbocycles. The van der Waals surface area contributed by atoms with Gasteiger partial charge in [0.25, 0.3) is 0 Å². The van der Waals surface area contributed by atoms with Crippen molar-refractivity contribution in [2.24, 2.45) is 0 Å². The summed E-state index contributed by atoms with van der Waals surface area (Å²) in [4.78, 5) is 31.1. The molecule has 1 aromatic heterocycles. The van der Waals surface area contributed by atoms with Crippen LogP contribution in [-0.4, -0.2) is 51.8 Å². The summed E-state index contributed by atoms with van der Waals surface area (Å²) in [6.07, 6.45) is 2.23. The summed E-state index contributed by atoms with van der Waals surface area (Å²) in [5.41, 5.74) is 0.769. The average Bonchev–Trinajstić information content (AvgIpc) is 2.72. The lowest BCUT2D eigenvalue weighted by atomic mass is 10.2. The van der Waals surface area contributed by atoms with E-state index in [0.717, 1.165) is 18.1 Å². The van der Waals surface area contributed by atoms with Gasteiger partial charge in [-0.3, -0.25) is 9.59 Å². The van der Waals surface area contributed by atoms with Gasteiger partial charge in [0.15, 0.2) is 0 Å². The first-order chi connectivity index (χ1) is 8.90. The van der Waals surface area contributed by atoms with E-state index < -0.39 is 0 Å². The van der Waals surface area contributed by atoms with Crippen LogP contribution in [0.4, 0.5) is 0 Å². The zero-order valence-electron chi connectivity index (χ0n) is 11.9. The maximum absolute atomic E-state index is 11.7. The average molecular weight is 264 g/mol. The molecule has 2 amide bonds. The Balaban J connectivity index is 2.20. The van der Waals surface area contributed by atoms with Crippen molar-refractivity contribution in [1.29, 1.82) is 0 Å². The van der Waals surface area contributed by atoms with Crippen molar-refractivity contribution in [3.63, 3.8) is 0 Å². The maximum atomic E-state index is 11.7. The first-order valence-electron chi connectivity index (χ1n) is 6.43. The second-order valence-electron chi connectivity index (χ2n) is 5.14. The summed E-state index contributed by atoms with van der Waals surface area (Å²) >= 11 is 0. The van der Waals surface area contributed by atoms with E-state index in [1.807, 2.05) is 17.7 Å². The first-order valence-corrected chi connectivity index (χ1v) is 6.43. The van der Waals surface area contributed by atoms with Gasteiger partial charge in [0, 0.05) is 40.3 Å². The minimum atomic E-state index is -0.0329. The van der Waals surface area contributed by atoms with Gasteiger partial charge in [0.1, 0.15) is 5.82 Å². The fraction of sp³-hybridized carbons (Fsp3) is 0.615. The molecule has 0 spiro atoms. The Hall–Kier alpha value is -1.85. The minimum absolute atomic E-state index is 0.0329. The molecule has 0 fully saturated rings. The highest BCUT2D eigenvalue weighted by Gasteiger charge is 2.28. The van der Waals surface area contributed by atoms with Gasteiger partial charge in [-0.25, -0.2) is 4.98 Å². The van der Waals surface area contributed by atoms with Crippen LogP contribution in [0, 0.1) is 0 Å². The Labute approximate surface area is 113 Å². The van der Waals surface area contributed by atoms with Gasteiger partial charge >= 0.3 is 0 Å². The lowest BCUT2D eigenvalue weighted by Gasteiger charge is -2.32. The highest BCUT2D eigenvalue weighted by atomic mass is 16.2. The van der Waals surface area contributed by atoms with E-state index >= 15 is 0 Å². The quantitative estimate of drug-likeness (QED) is 0.778. The number of likely N-dealkylation sites (N-methyl/N-ethyl adjacent to an activating group) is 1. The first kappa shape index (κ1) is 13.6. The van der Waals surface area contributed by atoms with Gasteiger partial charge < -0.3 is 14.4 Å². The maximum Gasteiger partial charge on any atom is 0.228 e. The number of amides is 2. The minimum Gasteiger partial charge on any atom is -0.348 e. The largest absolute Gasteiger partial charge is 0.348 e. The molecule has 0 aliphatic carbocycles. The molecule has 6 heteroatoms. The number of carbonyl (C=O) groups excluding carboxylic acids is 2. The van der Waals surface area contributed by atoms with Crippen LogP contribution < -0.4 is 0 Å². The molecule has 0 saturated heterocycles. The molecule has 19 heavy (non-hydrogen) atoms. The lowest BCUT2D eigenvalue weighted by molar-refractivity contribution is -0.132. The highest BCUT2D eigenvalue weighted by Crippen LogP contribution is 2.24. The lowest BCUT2D eigenvalue weighted by Crippen LogP contribution is -2.39. The third-order valence-electron chi connectivity index (χ3n) is 3.52. The third kappa shape index (κ3) is 2.62. The molecular formula is C13H20N4O2. The molecule has 2 heterocycles. The van der Waals surface area contributed by atoms with E-state index in [1.165, 1.54) is 0 Å². The molecule has 2 rings (SSSR count). The standard InChI is InChI=1S/C13H20N4O2/c1-9-13-14-11(7-12(19)15(3)4)8-16(13)5-6-17(9)10(2)18/h8-9H,5-7H2,1-4H3. The Bertz CT molecular complexity index is 507. The summed E-state index contributed by atoms with van der Waals surface area (Å²) in [5, 5.41) is 0. The van der Waals surface area contributed by atoms with Crippen LogP contribution >= 0.6 is 0 Å². The number of fused-ring (bicyclic) bond motifs is 1. The van der Waals surface area contributed by atoms with Gasteiger partial charge in [-0.2, -0.15) is 0 Å². The highest BCUT2D eigenvalue weighted by molar-refractivity contribution is 5.77. The smallest absolute Gasteiger partial charge is 0.228 e. The molecular weight excluding hydrogens is 244 g/mol. The summed E-state index contributed by atoms with van der Waals surface area (Å²) < 4.78 is 2.04. The van der Waals surface area contributed by atoms with Crippen LogP contribution in [0.1, 0.15) is 31.4 Å². The second-order valence-corrected chi connectivity index (χ2v) is 5.14. The van der Waals surface area contributed by atoms with E-state index in [4.69, 9.17) is 0 Å². The Morgan fingerprint density at radius 1 is 1.42 bits per heavy atom. The van der Waals surface area contributed by atoms with Crippen molar-refractivity contribution in [2.45, 2.75) is 32.9 Å². The zero-order valence-corrected chi connectivity index (χ0v) is 11.9. The van der Waals surface area contributed by atoms with Gasteiger partial charge in [0.2, 0.25) is 11.8 Å². The molecule has 1 aliphatic heterocycles. The van der Waals surface area contributed by atoms with Gasteiger partial charge in [-0.05, 0) is 6.92 Å². The van der Waals surface area contributed by atoms with Crippen LogP contribution in [0.2, 0.25) is 0 Å². The van der Waals surface area contributed by atoms with Gasteiger partial charge in [-0.15, -0.1) is 0 Å². The van der Waals surface area contributed by atoms with E-state index in [2.05, 4.69) is 4.98 Å². The topological polar surface area (TPSA) is 58.4 Å². The van der Waals surface area contributed by atoms with Crippen molar-refractivity contribution in [2.75, 3.05) is 20.6 Å². The van der Waals surface area contributed by atoms with Crippen LogP contribution in [0.5, 0.6) is 0 Å². The third-order valence-corrected chi connectivity index (χ3v) is 3.52. The number of carbonyl (C=O) groups is 2. The van der Waals surface area contributed by atoms with Crippen LogP contribution in [0.3, 0.4) is 0 Å². The SMILES string of the molecule is CC(=O)N1CCn2cc(CC(=O)N(C)C)nc2C1C. The predicted octanol–water partition coefficient (Wildman–Crippen LogP) is 0.437. The number of hydrogen-bond donors (Lipinski definition) is 0. The molecule has 1 atom stereocenters. The number of hydrogen-bond acceptors (Lipinski definition) is 3. The molecule has 0 bridgehead atoms. The van der Waals surface area contributed by atoms with E-state index in [-0.39, 0.29) is 17.9 Å².